The predicted octanol–water partition coefficient (Wildman–Crippen LogP) is 2.34. The van der Waals surface area contributed by atoms with Crippen molar-refractivity contribution < 1.29 is 4.79 Å². The average Bonchev–Trinajstić information content (AvgIpc) is 3.10. The molecule has 1 aromatic carbocycles. The quantitative estimate of drug-likeness (QED) is 0.909. The molecule has 2 aromatic rings. The second kappa shape index (κ2) is 5.93. The minimum absolute atomic E-state index is 0.0663. The number of rotatable bonds is 4. The van der Waals surface area contributed by atoms with E-state index in [9.17, 15) is 4.79 Å². The van der Waals surface area contributed by atoms with E-state index < -0.39 is 6.04 Å². The normalized spacial score (nSPS) is 18.3. The molecular weight excluding hydrogens is 276 g/mol. The van der Waals surface area contributed by atoms with Gasteiger partial charge in [0.05, 0.1) is 12.1 Å². The van der Waals surface area contributed by atoms with Gasteiger partial charge in [-0.15, -0.1) is 0 Å². The number of aromatic amines is 1. The summed E-state index contributed by atoms with van der Waals surface area (Å²) in [6.45, 7) is 3.86. The number of H-pyrrole nitrogens is 1. The van der Waals surface area contributed by atoms with Crippen LogP contribution in [0.15, 0.2) is 30.5 Å². The Bertz CT molecular complexity index is 677. The first-order valence-electron chi connectivity index (χ1n) is 7.82. The number of aryl methyl sites for hydroxylation is 1. The number of carbonyl (C=O) groups excluding carboxylic acids is 1. The third-order valence-electron chi connectivity index (χ3n) is 4.09. The molecule has 1 aliphatic rings. The van der Waals surface area contributed by atoms with Crippen molar-refractivity contribution >= 4 is 11.6 Å². The Morgan fingerprint density at radius 3 is 3.00 bits per heavy atom. The fraction of sp³-hybridized carbons (Fsp3) is 0.412. The van der Waals surface area contributed by atoms with Gasteiger partial charge in [0, 0.05) is 24.0 Å². The number of imidazole rings is 1. The topological polar surface area (TPSA) is 75.0 Å². The van der Waals surface area contributed by atoms with E-state index in [1.54, 1.807) is 11.8 Å². The van der Waals surface area contributed by atoms with E-state index in [0.29, 0.717) is 0 Å². The molecular formula is C17H22N4O. The van der Waals surface area contributed by atoms with Crippen LogP contribution in [0.5, 0.6) is 0 Å². The zero-order valence-electron chi connectivity index (χ0n) is 13.0. The van der Waals surface area contributed by atoms with Crippen molar-refractivity contribution in [1.82, 2.24) is 9.97 Å². The summed E-state index contributed by atoms with van der Waals surface area (Å²) in [4.78, 5) is 22.3. The lowest BCUT2D eigenvalue weighted by Crippen LogP contribution is -2.43. The highest BCUT2D eigenvalue weighted by atomic mass is 16.2. The first kappa shape index (κ1) is 14.8. The van der Waals surface area contributed by atoms with E-state index in [0.717, 1.165) is 42.0 Å². The highest BCUT2D eigenvalue weighted by Gasteiger charge is 2.37. The fourth-order valence-corrected chi connectivity index (χ4v) is 3.04. The lowest BCUT2D eigenvalue weighted by molar-refractivity contribution is -0.119. The smallest absolute Gasteiger partial charge is 0.244 e. The Kier molecular flexibility index (Phi) is 3.98. The number of para-hydroxylation sites is 1. The molecule has 1 amide bonds. The van der Waals surface area contributed by atoms with Crippen LogP contribution in [0.2, 0.25) is 0 Å². The number of amides is 1. The molecule has 2 heterocycles. The Hall–Kier alpha value is -2.14. The first-order chi connectivity index (χ1) is 10.6. The molecule has 116 valence electrons. The summed E-state index contributed by atoms with van der Waals surface area (Å²) in [5, 5.41) is 0. The zero-order chi connectivity index (χ0) is 15.7. The summed E-state index contributed by atoms with van der Waals surface area (Å²) in [7, 11) is 0. The minimum atomic E-state index is -0.529. The number of hydrogen-bond donors (Lipinski definition) is 2. The van der Waals surface area contributed by atoms with E-state index in [1.165, 1.54) is 0 Å². The van der Waals surface area contributed by atoms with Crippen molar-refractivity contribution in [1.29, 1.82) is 0 Å². The highest BCUT2D eigenvalue weighted by Crippen LogP contribution is 2.39. The van der Waals surface area contributed by atoms with E-state index in [2.05, 4.69) is 23.0 Å². The van der Waals surface area contributed by atoms with Gasteiger partial charge in [0.2, 0.25) is 5.91 Å². The second-order valence-electron chi connectivity index (χ2n) is 5.89. The number of nitrogens with one attached hydrogen (secondary N) is 1. The number of nitrogens with two attached hydrogens (primary N) is 1. The molecule has 0 aliphatic carbocycles. The second-order valence-corrected chi connectivity index (χ2v) is 5.89. The summed E-state index contributed by atoms with van der Waals surface area (Å²) < 4.78 is 0. The number of hydrogen-bond acceptors (Lipinski definition) is 3. The number of fused-ring (bicyclic) bond motifs is 1. The van der Waals surface area contributed by atoms with Crippen LogP contribution in [-0.2, 0) is 17.6 Å². The highest BCUT2D eigenvalue weighted by molar-refractivity contribution is 5.99. The third-order valence-corrected chi connectivity index (χ3v) is 4.09. The fourth-order valence-electron chi connectivity index (χ4n) is 3.04. The van der Waals surface area contributed by atoms with Crippen LogP contribution in [0.4, 0.5) is 5.69 Å². The Morgan fingerprint density at radius 1 is 1.50 bits per heavy atom. The first-order valence-corrected chi connectivity index (χ1v) is 7.82. The van der Waals surface area contributed by atoms with E-state index in [4.69, 9.17) is 5.73 Å². The molecule has 0 spiro atoms. The maximum absolute atomic E-state index is 12.6. The van der Waals surface area contributed by atoms with Gasteiger partial charge in [0.25, 0.3) is 0 Å². The van der Waals surface area contributed by atoms with Gasteiger partial charge >= 0.3 is 0 Å². The molecule has 0 unspecified atom stereocenters. The summed E-state index contributed by atoms with van der Waals surface area (Å²) in [6.07, 6.45) is 4.67. The van der Waals surface area contributed by atoms with Gasteiger partial charge in [0.15, 0.2) is 0 Å². The molecule has 0 saturated heterocycles. The van der Waals surface area contributed by atoms with Crippen molar-refractivity contribution in [2.45, 2.75) is 45.2 Å². The van der Waals surface area contributed by atoms with Crippen molar-refractivity contribution in [3.63, 3.8) is 0 Å². The number of anilines is 1. The summed E-state index contributed by atoms with van der Waals surface area (Å²) in [6, 6.07) is 7.37. The Morgan fingerprint density at radius 2 is 2.27 bits per heavy atom. The van der Waals surface area contributed by atoms with Crippen molar-refractivity contribution in [3.8, 4) is 0 Å². The third kappa shape index (κ3) is 2.52. The van der Waals surface area contributed by atoms with Gasteiger partial charge < -0.3 is 10.7 Å². The van der Waals surface area contributed by atoms with Gasteiger partial charge in [0.1, 0.15) is 5.82 Å². The maximum atomic E-state index is 12.6. The summed E-state index contributed by atoms with van der Waals surface area (Å²) in [5.74, 6) is 0.775. The molecule has 1 aromatic heterocycles. The number of aromatic nitrogens is 2. The largest absolute Gasteiger partial charge is 0.344 e. The Balaban J connectivity index is 1.97. The predicted molar refractivity (Wildman–Crippen MR) is 86.6 cm³/mol. The molecule has 3 N–H and O–H groups in total. The van der Waals surface area contributed by atoms with Crippen molar-refractivity contribution in [2.24, 2.45) is 5.73 Å². The van der Waals surface area contributed by atoms with Crippen LogP contribution in [0, 0.1) is 0 Å². The molecule has 5 nitrogen and oxygen atoms in total. The molecule has 0 saturated carbocycles. The minimum Gasteiger partial charge on any atom is -0.344 e. The molecule has 3 rings (SSSR count). The molecule has 1 aliphatic heterocycles. The van der Waals surface area contributed by atoms with E-state index >= 15 is 0 Å². The molecule has 2 atom stereocenters. The summed E-state index contributed by atoms with van der Waals surface area (Å²) >= 11 is 0. The lowest BCUT2D eigenvalue weighted by atomic mass is 10.1. The van der Waals surface area contributed by atoms with Crippen LogP contribution >= 0.6 is 0 Å². The molecule has 0 fully saturated rings. The van der Waals surface area contributed by atoms with Crippen LogP contribution in [0.1, 0.15) is 43.4 Å². The molecule has 0 bridgehead atoms. The van der Waals surface area contributed by atoms with E-state index in [1.807, 2.05) is 24.4 Å². The molecule has 22 heavy (non-hydrogen) atoms. The van der Waals surface area contributed by atoms with Crippen LogP contribution in [0.3, 0.4) is 0 Å². The van der Waals surface area contributed by atoms with Gasteiger partial charge in [-0.25, -0.2) is 4.98 Å². The number of nitrogens with zero attached hydrogens (tertiary/aromatic N) is 2. The van der Waals surface area contributed by atoms with E-state index in [-0.39, 0.29) is 11.9 Å². The maximum Gasteiger partial charge on any atom is 0.244 e. The molecule has 0 radical (unpaired) electrons. The SMILES string of the molecule is CCCc1cnc([C@@H]2Cc3ccccc3N2C(=O)[C@H](C)N)[nH]1. The van der Waals surface area contributed by atoms with Gasteiger partial charge in [-0.05, 0) is 25.0 Å². The van der Waals surface area contributed by atoms with Gasteiger partial charge in [-0.1, -0.05) is 31.5 Å². The standard InChI is InChI=1S/C17H22N4O/c1-3-6-13-10-19-16(20-13)15-9-12-7-4-5-8-14(12)21(15)17(22)11(2)18/h4-5,7-8,10-11,15H,3,6,9,18H2,1-2H3,(H,19,20)/t11-,15-/m0/s1. The van der Waals surface area contributed by atoms with Crippen molar-refractivity contribution in [3.05, 3.63) is 47.5 Å². The monoisotopic (exact) mass is 298 g/mol. The van der Waals surface area contributed by atoms with Gasteiger partial charge in [-0.2, -0.15) is 0 Å². The summed E-state index contributed by atoms with van der Waals surface area (Å²) in [5.41, 5.74) is 9.07. The van der Waals surface area contributed by atoms with Crippen LogP contribution in [0.25, 0.3) is 0 Å². The van der Waals surface area contributed by atoms with Crippen LogP contribution < -0.4 is 10.6 Å². The number of benzene rings is 1. The van der Waals surface area contributed by atoms with Crippen LogP contribution in [-0.4, -0.2) is 21.9 Å². The number of carbonyl (C=O) groups is 1. The zero-order valence-corrected chi connectivity index (χ0v) is 13.0. The average molecular weight is 298 g/mol. The van der Waals surface area contributed by atoms with Crippen molar-refractivity contribution in [2.75, 3.05) is 4.90 Å². The lowest BCUT2D eigenvalue weighted by Gasteiger charge is -2.26. The Labute approximate surface area is 130 Å². The molecule has 5 heteroatoms. The van der Waals surface area contributed by atoms with Gasteiger partial charge in [-0.3, -0.25) is 9.69 Å².